The van der Waals surface area contributed by atoms with E-state index in [0.717, 1.165) is 0 Å². The van der Waals surface area contributed by atoms with Crippen LogP contribution in [0.1, 0.15) is 13.8 Å². The predicted molar refractivity (Wildman–Crippen MR) is 40.5 cm³/mol. The Labute approximate surface area is 66.4 Å². The lowest BCUT2D eigenvalue weighted by atomic mass is 10.0. The summed E-state index contributed by atoms with van der Waals surface area (Å²) in [5.41, 5.74) is 0. The van der Waals surface area contributed by atoms with Crippen molar-refractivity contribution in [1.82, 2.24) is 5.32 Å². The van der Waals surface area contributed by atoms with Gasteiger partial charge in [-0.15, -0.1) is 0 Å². The topological polar surface area (TPSA) is 66.4 Å². The number of hydrogen-bond acceptors (Lipinski definition) is 2. The minimum Gasteiger partial charge on any atom is -0.480 e. The predicted octanol–water partition coefficient (Wildman–Crippen LogP) is -0.0263. The quantitative estimate of drug-likeness (QED) is 0.562. The smallest absolute Gasteiger partial charge is 0.326 e. The molecule has 0 aliphatic rings. The molecule has 0 unspecified atom stereocenters. The van der Waals surface area contributed by atoms with Gasteiger partial charge in [-0.3, -0.25) is 4.79 Å². The van der Waals surface area contributed by atoms with Crippen LogP contribution in [-0.4, -0.2) is 30.8 Å². The Morgan fingerprint density at radius 3 is 2.00 bits per heavy atom. The van der Waals surface area contributed by atoms with Crippen molar-refractivity contribution < 1.29 is 14.7 Å². The molecule has 0 saturated carbocycles. The highest BCUT2D eigenvalue weighted by Crippen LogP contribution is 2.00. The summed E-state index contributed by atoms with van der Waals surface area (Å²) >= 11 is 0. The third-order valence-corrected chi connectivity index (χ3v) is 1.23. The lowest BCUT2D eigenvalue weighted by Gasteiger charge is -2.16. The normalized spacial score (nSPS) is 12.6. The van der Waals surface area contributed by atoms with Gasteiger partial charge in [0, 0.05) is 0 Å². The molecule has 0 spiro atoms. The van der Waals surface area contributed by atoms with Crippen LogP contribution in [-0.2, 0) is 4.79 Å². The third-order valence-electron chi connectivity index (χ3n) is 1.23. The molecule has 0 aliphatic heterocycles. The van der Waals surface area contributed by atoms with Gasteiger partial charge in [-0.25, -0.2) is 4.79 Å². The van der Waals surface area contributed by atoms with Crippen molar-refractivity contribution >= 4 is 19.6 Å². The Balaban J connectivity index is 4.12. The van der Waals surface area contributed by atoms with Crippen molar-refractivity contribution in [1.29, 1.82) is 0 Å². The number of aliphatic carboxylic acids is 1. The number of carbonyl (C=O) groups excluding carboxylic acids is 1. The second-order valence-electron chi connectivity index (χ2n) is 2.57. The molecule has 1 atom stereocenters. The van der Waals surface area contributed by atoms with Gasteiger partial charge in [-0.05, 0) is 5.92 Å². The summed E-state index contributed by atoms with van der Waals surface area (Å²) in [6.45, 7) is 3.38. The first kappa shape index (κ1) is 10.0. The van der Waals surface area contributed by atoms with E-state index in [0.29, 0.717) is 0 Å². The fourth-order valence-electron chi connectivity index (χ4n) is 0.667. The lowest BCUT2D eigenvalue weighted by Crippen LogP contribution is -2.43. The standard InChI is InChI=1S/C6H10BNO3/c1-3(2)4(5(9)10)8-6(7)11/h3-4H,1-2H3,(H,8,11)(H,9,10)/t4-/m0/s1. The highest BCUT2D eigenvalue weighted by molar-refractivity contribution is 6.57. The van der Waals surface area contributed by atoms with Crippen molar-refractivity contribution in [3.05, 3.63) is 0 Å². The number of carbonyl (C=O) groups is 2. The summed E-state index contributed by atoms with van der Waals surface area (Å²) in [6, 6.07) is -0.896. The minimum absolute atomic E-state index is 0.167. The number of nitrogens with one attached hydrogen (secondary N) is 1. The summed E-state index contributed by atoms with van der Waals surface area (Å²) in [6.07, 6.45) is 0. The molecule has 0 bridgehead atoms. The van der Waals surface area contributed by atoms with Crippen LogP contribution in [0.5, 0.6) is 0 Å². The molecule has 5 heteroatoms. The fraction of sp³-hybridized carbons (Fsp3) is 0.667. The number of hydrogen-bond donors (Lipinski definition) is 2. The van der Waals surface area contributed by atoms with Crippen molar-refractivity contribution in [2.45, 2.75) is 19.9 Å². The Morgan fingerprint density at radius 1 is 1.45 bits per heavy atom. The molecule has 0 rings (SSSR count). The van der Waals surface area contributed by atoms with E-state index < -0.39 is 17.8 Å². The van der Waals surface area contributed by atoms with Gasteiger partial charge in [0.25, 0.3) is 0 Å². The highest BCUT2D eigenvalue weighted by Gasteiger charge is 2.21. The number of rotatable bonds is 3. The van der Waals surface area contributed by atoms with E-state index in [4.69, 9.17) is 13.0 Å². The molecule has 0 fully saturated rings. The monoisotopic (exact) mass is 155 g/mol. The van der Waals surface area contributed by atoms with Crippen LogP contribution in [0.15, 0.2) is 0 Å². The summed E-state index contributed by atoms with van der Waals surface area (Å²) in [5.74, 6) is -2.05. The molecule has 60 valence electrons. The number of carboxylic acid groups (broad SMARTS) is 1. The van der Waals surface area contributed by atoms with Crippen LogP contribution in [0.25, 0.3) is 0 Å². The van der Waals surface area contributed by atoms with Crippen LogP contribution < -0.4 is 5.32 Å². The molecule has 0 heterocycles. The van der Waals surface area contributed by atoms with Gasteiger partial charge in [0.15, 0.2) is 5.81 Å². The average molecular weight is 155 g/mol. The molecule has 11 heavy (non-hydrogen) atoms. The third kappa shape index (κ3) is 3.65. The Bertz CT molecular complexity index is 169. The molecule has 0 aliphatic carbocycles. The Hall–Kier alpha value is -0.995. The second-order valence-corrected chi connectivity index (χ2v) is 2.57. The highest BCUT2D eigenvalue weighted by atomic mass is 16.4. The first-order valence-corrected chi connectivity index (χ1v) is 3.24. The van der Waals surface area contributed by atoms with Crippen LogP contribution in [0, 0.1) is 5.92 Å². The lowest BCUT2D eigenvalue weighted by molar-refractivity contribution is -0.140. The summed E-state index contributed by atoms with van der Waals surface area (Å²) in [5, 5.41) is 10.6. The van der Waals surface area contributed by atoms with Crippen LogP contribution in [0.2, 0.25) is 0 Å². The number of amides is 1. The molecular weight excluding hydrogens is 145 g/mol. The summed E-state index contributed by atoms with van der Waals surface area (Å²) in [4.78, 5) is 20.7. The first-order chi connectivity index (χ1) is 4.95. The number of carboxylic acids is 1. The zero-order chi connectivity index (χ0) is 9.02. The molecular formula is C6H10BNO3. The fourth-order valence-corrected chi connectivity index (χ4v) is 0.667. The van der Waals surface area contributed by atoms with E-state index in [1.165, 1.54) is 0 Å². The first-order valence-electron chi connectivity index (χ1n) is 3.24. The van der Waals surface area contributed by atoms with Crippen LogP contribution in [0.3, 0.4) is 0 Å². The van der Waals surface area contributed by atoms with Crippen LogP contribution >= 0.6 is 0 Å². The van der Waals surface area contributed by atoms with E-state index >= 15 is 0 Å². The minimum atomic E-state index is -1.07. The maximum atomic E-state index is 10.4. The van der Waals surface area contributed by atoms with E-state index in [-0.39, 0.29) is 5.92 Å². The molecule has 0 aromatic heterocycles. The van der Waals surface area contributed by atoms with Gasteiger partial charge in [0.1, 0.15) is 6.04 Å². The van der Waals surface area contributed by atoms with E-state index in [9.17, 15) is 9.59 Å². The molecule has 0 aromatic carbocycles. The zero-order valence-corrected chi connectivity index (χ0v) is 6.50. The van der Waals surface area contributed by atoms with Crippen molar-refractivity contribution in [2.24, 2.45) is 5.92 Å². The molecule has 4 nitrogen and oxygen atoms in total. The zero-order valence-electron chi connectivity index (χ0n) is 6.50. The summed E-state index contributed by atoms with van der Waals surface area (Å²) in [7, 11) is 4.76. The van der Waals surface area contributed by atoms with E-state index in [2.05, 4.69) is 5.32 Å². The van der Waals surface area contributed by atoms with Gasteiger partial charge < -0.3 is 10.4 Å². The molecule has 0 aromatic rings. The van der Waals surface area contributed by atoms with Gasteiger partial charge in [0.05, 0.1) is 0 Å². The van der Waals surface area contributed by atoms with Crippen molar-refractivity contribution in [3.63, 3.8) is 0 Å². The van der Waals surface area contributed by atoms with E-state index in [1.54, 1.807) is 13.8 Å². The summed E-state index contributed by atoms with van der Waals surface area (Å²) < 4.78 is 0. The van der Waals surface area contributed by atoms with Crippen molar-refractivity contribution in [3.8, 4) is 0 Å². The second kappa shape index (κ2) is 4.00. The maximum Gasteiger partial charge on any atom is 0.326 e. The maximum absolute atomic E-state index is 10.4. The van der Waals surface area contributed by atoms with Gasteiger partial charge >= 0.3 is 5.97 Å². The van der Waals surface area contributed by atoms with Gasteiger partial charge in [-0.1, -0.05) is 13.8 Å². The molecule has 2 radical (unpaired) electrons. The molecule has 1 amide bonds. The SMILES string of the molecule is [B]C(=O)N[C@H](C(=O)O)C(C)C. The molecule has 0 saturated heterocycles. The van der Waals surface area contributed by atoms with Gasteiger partial charge in [-0.2, -0.15) is 0 Å². The largest absolute Gasteiger partial charge is 0.480 e. The van der Waals surface area contributed by atoms with Crippen LogP contribution in [0.4, 0.5) is 4.79 Å². The van der Waals surface area contributed by atoms with E-state index in [1.807, 2.05) is 0 Å². The van der Waals surface area contributed by atoms with Crippen molar-refractivity contribution in [2.75, 3.05) is 0 Å². The Kier molecular flexibility index (Phi) is 3.64. The average Bonchev–Trinajstić information content (AvgIpc) is 1.81. The molecule has 2 N–H and O–H groups in total. The Morgan fingerprint density at radius 2 is 1.91 bits per heavy atom. The van der Waals surface area contributed by atoms with Gasteiger partial charge in [0.2, 0.25) is 7.85 Å².